The van der Waals surface area contributed by atoms with Crippen molar-refractivity contribution in [2.75, 3.05) is 26.3 Å². The van der Waals surface area contributed by atoms with Crippen molar-refractivity contribution in [1.82, 2.24) is 15.6 Å². The molecule has 182 valence electrons. The maximum atomic E-state index is 11.6. The van der Waals surface area contributed by atoms with Crippen molar-refractivity contribution in [2.45, 2.75) is 50.3 Å². The van der Waals surface area contributed by atoms with Gasteiger partial charge in [-0.25, -0.2) is 0 Å². The fourth-order valence-corrected chi connectivity index (χ4v) is 4.71. The summed E-state index contributed by atoms with van der Waals surface area (Å²) in [6.07, 6.45) is 4.54. The molecule has 0 bridgehead atoms. The predicted octanol–water partition coefficient (Wildman–Crippen LogP) is 3.02. The van der Waals surface area contributed by atoms with E-state index in [-0.39, 0.29) is 11.3 Å². The van der Waals surface area contributed by atoms with E-state index >= 15 is 0 Å². The number of pyridine rings is 1. The van der Waals surface area contributed by atoms with Crippen LogP contribution in [0.5, 0.6) is 5.75 Å². The average molecular weight is 466 g/mol. The molecule has 7 heteroatoms. The lowest BCUT2D eigenvalue weighted by atomic mass is 9.91. The standard InChI is InChI=1S/C27H35N3O4/c31-24-12-10-22(23-11-13-26(33)30-27(23)24)25(32)18-29-21-8-6-20(7-9-21)28-15-17-34-16-14-19-4-2-1-3-5-19/h1-5,10-13,20-21,25,28-29,31-32H,6-9,14-18H2,(H,30,33). The van der Waals surface area contributed by atoms with Crippen LogP contribution in [-0.4, -0.2) is 53.6 Å². The number of benzene rings is 2. The summed E-state index contributed by atoms with van der Waals surface area (Å²) in [5.41, 5.74) is 2.08. The Balaban J connectivity index is 1.13. The number of aromatic hydroxyl groups is 1. The average Bonchev–Trinajstić information content (AvgIpc) is 2.86. The Labute approximate surface area is 200 Å². The minimum absolute atomic E-state index is 0.00373. The van der Waals surface area contributed by atoms with Gasteiger partial charge >= 0.3 is 0 Å². The monoisotopic (exact) mass is 465 g/mol. The van der Waals surface area contributed by atoms with E-state index in [9.17, 15) is 15.0 Å². The number of ether oxygens (including phenoxy) is 1. The van der Waals surface area contributed by atoms with Crippen molar-refractivity contribution in [3.8, 4) is 5.75 Å². The van der Waals surface area contributed by atoms with Crippen LogP contribution in [0.1, 0.15) is 42.9 Å². The molecule has 5 N–H and O–H groups in total. The van der Waals surface area contributed by atoms with Gasteiger partial charge in [-0.1, -0.05) is 36.4 Å². The van der Waals surface area contributed by atoms with Crippen LogP contribution in [0.25, 0.3) is 10.9 Å². The van der Waals surface area contributed by atoms with Gasteiger partial charge in [-0.3, -0.25) is 4.79 Å². The fourth-order valence-electron chi connectivity index (χ4n) is 4.71. The van der Waals surface area contributed by atoms with Gasteiger partial charge in [0, 0.05) is 36.6 Å². The largest absolute Gasteiger partial charge is 0.506 e. The van der Waals surface area contributed by atoms with E-state index in [0.717, 1.165) is 51.9 Å². The molecule has 34 heavy (non-hydrogen) atoms. The van der Waals surface area contributed by atoms with Gasteiger partial charge in [0.25, 0.3) is 0 Å². The van der Waals surface area contributed by atoms with Crippen molar-refractivity contribution in [3.05, 3.63) is 76.1 Å². The van der Waals surface area contributed by atoms with Crippen molar-refractivity contribution < 1.29 is 14.9 Å². The number of aliphatic hydroxyl groups is 1. The Hall–Kier alpha value is -2.71. The molecule has 1 atom stereocenters. The zero-order valence-electron chi connectivity index (χ0n) is 19.5. The molecule has 1 heterocycles. The van der Waals surface area contributed by atoms with Crippen LogP contribution in [0.3, 0.4) is 0 Å². The zero-order valence-corrected chi connectivity index (χ0v) is 19.5. The fraction of sp³-hybridized carbons (Fsp3) is 0.444. The van der Waals surface area contributed by atoms with E-state index in [1.165, 1.54) is 17.7 Å². The van der Waals surface area contributed by atoms with Crippen LogP contribution in [-0.2, 0) is 11.2 Å². The van der Waals surface area contributed by atoms with E-state index in [1.54, 1.807) is 12.1 Å². The minimum Gasteiger partial charge on any atom is -0.506 e. The zero-order chi connectivity index (χ0) is 23.8. The van der Waals surface area contributed by atoms with Crippen molar-refractivity contribution in [1.29, 1.82) is 0 Å². The van der Waals surface area contributed by atoms with Crippen LogP contribution < -0.4 is 16.2 Å². The van der Waals surface area contributed by atoms with Gasteiger partial charge in [-0.15, -0.1) is 0 Å². The second-order valence-electron chi connectivity index (χ2n) is 9.06. The Morgan fingerprint density at radius 1 is 0.941 bits per heavy atom. The molecule has 0 radical (unpaired) electrons. The second kappa shape index (κ2) is 12.1. The highest BCUT2D eigenvalue weighted by atomic mass is 16.5. The van der Waals surface area contributed by atoms with Crippen molar-refractivity contribution in [3.63, 3.8) is 0 Å². The quantitative estimate of drug-likeness (QED) is 0.279. The third-order valence-electron chi connectivity index (χ3n) is 6.65. The number of phenols is 1. The lowest BCUT2D eigenvalue weighted by Crippen LogP contribution is -2.42. The molecule has 4 rings (SSSR count). The molecule has 0 saturated heterocycles. The molecule has 0 aliphatic heterocycles. The highest BCUT2D eigenvalue weighted by molar-refractivity contribution is 5.87. The van der Waals surface area contributed by atoms with Gasteiger partial charge in [0.05, 0.1) is 24.8 Å². The number of aromatic nitrogens is 1. The number of aliphatic hydroxyl groups excluding tert-OH is 1. The van der Waals surface area contributed by atoms with Gasteiger partial charge in [-0.2, -0.15) is 0 Å². The van der Waals surface area contributed by atoms with E-state index in [4.69, 9.17) is 4.74 Å². The molecule has 1 aromatic heterocycles. The van der Waals surface area contributed by atoms with Crippen LogP contribution >= 0.6 is 0 Å². The Kier molecular flexibility index (Phi) is 8.71. The molecule has 0 amide bonds. The maximum absolute atomic E-state index is 11.6. The summed E-state index contributed by atoms with van der Waals surface area (Å²) < 4.78 is 5.76. The minimum atomic E-state index is -0.724. The van der Waals surface area contributed by atoms with E-state index in [0.29, 0.717) is 35.1 Å². The molecule has 1 aliphatic rings. The first-order valence-corrected chi connectivity index (χ1v) is 12.2. The Morgan fingerprint density at radius 2 is 1.68 bits per heavy atom. The number of rotatable bonds is 11. The smallest absolute Gasteiger partial charge is 0.248 e. The molecular weight excluding hydrogens is 430 g/mol. The number of aromatic amines is 1. The highest BCUT2D eigenvalue weighted by Crippen LogP contribution is 2.29. The SMILES string of the molecule is O=c1ccc2c(C(O)CNC3CCC(NCCOCCc4ccccc4)CC3)ccc(O)c2[nH]1. The van der Waals surface area contributed by atoms with Crippen LogP contribution in [0.2, 0.25) is 0 Å². The van der Waals surface area contributed by atoms with E-state index in [1.807, 2.05) is 6.07 Å². The summed E-state index contributed by atoms with van der Waals surface area (Å²) in [5, 5.41) is 28.5. The third kappa shape index (κ3) is 6.67. The molecule has 3 aromatic rings. The second-order valence-corrected chi connectivity index (χ2v) is 9.06. The Morgan fingerprint density at radius 3 is 2.44 bits per heavy atom. The van der Waals surface area contributed by atoms with E-state index in [2.05, 4.69) is 39.9 Å². The van der Waals surface area contributed by atoms with Crippen molar-refractivity contribution >= 4 is 10.9 Å². The molecule has 1 aliphatic carbocycles. The first kappa shape index (κ1) is 24.4. The number of nitrogens with one attached hydrogen (secondary N) is 3. The number of fused-ring (bicyclic) bond motifs is 1. The van der Waals surface area contributed by atoms with Gasteiger partial charge in [0.2, 0.25) is 5.56 Å². The van der Waals surface area contributed by atoms with Crippen LogP contribution in [0, 0.1) is 0 Å². The summed E-state index contributed by atoms with van der Waals surface area (Å²) >= 11 is 0. The number of hydrogen-bond donors (Lipinski definition) is 5. The maximum Gasteiger partial charge on any atom is 0.248 e. The molecule has 1 saturated carbocycles. The third-order valence-corrected chi connectivity index (χ3v) is 6.65. The lowest BCUT2D eigenvalue weighted by Gasteiger charge is -2.30. The van der Waals surface area contributed by atoms with Gasteiger partial charge in [0.15, 0.2) is 0 Å². The van der Waals surface area contributed by atoms with Crippen LogP contribution in [0.15, 0.2) is 59.4 Å². The van der Waals surface area contributed by atoms with Gasteiger partial charge < -0.3 is 30.6 Å². The molecule has 2 aromatic carbocycles. The predicted molar refractivity (Wildman–Crippen MR) is 134 cm³/mol. The van der Waals surface area contributed by atoms with Crippen LogP contribution in [0.4, 0.5) is 0 Å². The topological polar surface area (TPSA) is 107 Å². The van der Waals surface area contributed by atoms with Gasteiger partial charge in [0.1, 0.15) is 5.75 Å². The molecular formula is C27H35N3O4. The first-order chi connectivity index (χ1) is 16.6. The highest BCUT2D eigenvalue weighted by Gasteiger charge is 2.22. The van der Waals surface area contributed by atoms with E-state index < -0.39 is 6.10 Å². The summed E-state index contributed by atoms with van der Waals surface area (Å²) in [6.45, 7) is 2.77. The number of hydrogen-bond acceptors (Lipinski definition) is 6. The first-order valence-electron chi connectivity index (χ1n) is 12.2. The number of phenolic OH excluding ortho intramolecular Hbond substituents is 1. The molecule has 1 unspecified atom stereocenters. The normalized spacial score (nSPS) is 19.3. The van der Waals surface area contributed by atoms with Crippen molar-refractivity contribution in [2.24, 2.45) is 0 Å². The lowest BCUT2D eigenvalue weighted by molar-refractivity contribution is 0.133. The Bertz CT molecular complexity index is 1090. The summed E-state index contributed by atoms with van der Waals surface area (Å²) in [5.74, 6) is 0.00373. The molecule has 0 spiro atoms. The molecule has 7 nitrogen and oxygen atoms in total. The number of H-pyrrole nitrogens is 1. The summed E-state index contributed by atoms with van der Waals surface area (Å²) in [7, 11) is 0. The molecule has 1 fully saturated rings. The summed E-state index contributed by atoms with van der Waals surface area (Å²) in [6, 6.07) is 17.6. The van der Waals surface area contributed by atoms with Gasteiger partial charge in [-0.05, 0) is 55.4 Å². The summed E-state index contributed by atoms with van der Waals surface area (Å²) in [4.78, 5) is 14.2.